The molecule has 0 bridgehead atoms. The van der Waals surface area contributed by atoms with Gasteiger partial charge in [-0.05, 0) is 30.3 Å². The average Bonchev–Trinajstić information content (AvgIpc) is 3.59. The van der Waals surface area contributed by atoms with E-state index in [2.05, 4.69) is 30.6 Å². The van der Waals surface area contributed by atoms with Crippen molar-refractivity contribution < 1.29 is 17.8 Å². The van der Waals surface area contributed by atoms with Crippen LogP contribution in [0, 0.1) is 5.82 Å². The van der Waals surface area contributed by atoms with Gasteiger partial charge in [0.05, 0.1) is 12.0 Å². The fourth-order valence-electron chi connectivity index (χ4n) is 4.39. The lowest BCUT2D eigenvalue weighted by Crippen LogP contribution is -2.48. The second-order valence-electron chi connectivity index (χ2n) is 9.14. The highest BCUT2D eigenvalue weighted by Gasteiger charge is 2.20. The molecule has 12 nitrogen and oxygen atoms in total. The molecule has 4 N–H and O–H groups in total. The van der Waals surface area contributed by atoms with Crippen LogP contribution in [-0.4, -0.2) is 92.4 Å². The lowest BCUT2D eigenvalue weighted by Gasteiger charge is -2.36. The highest BCUT2D eigenvalue weighted by molar-refractivity contribution is 7.84. The molecule has 0 spiro atoms. The number of hydrogen-bond donors (Lipinski definition) is 3. The smallest absolute Gasteiger partial charge is 0.251 e. The van der Waals surface area contributed by atoms with Crippen molar-refractivity contribution >= 4 is 39.9 Å². The zero-order valence-electron chi connectivity index (χ0n) is 21.5. The van der Waals surface area contributed by atoms with E-state index in [1.54, 1.807) is 36.8 Å². The van der Waals surface area contributed by atoms with Gasteiger partial charge in [-0.2, -0.15) is 19.6 Å². The SMILES string of the molecule is CS(=O)CCNC(=O)c1ccc(N2CCN(CCNc3nc(N)n4nc(-c5ccco5)cc4n3)CC2)c(F)c1. The maximum absolute atomic E-state index is 14.8. The fraction of sp³-hybridized carbons (Fsp3) is 0.360. The zero-order valence-corrected chi connectivity index (χ0v) is 22.3. The number of rotatable bonds is 10. The van der Waals surface area contributed by atoms with E-state index in [-0.39, 0.29) is 24.0 Å². The molecule has 0 aliphatic carbocycles. The minimum Gasteiger partial charge on any atom is -0.463 e. The summed E-state index contributed by atoms with van der Waals surface area (Å²) >= 11 is 0. The van der Waals surface area contributed by atoms with Crippen LogP contribution < -0.4 is 21.3 Å². The first-order chi connectivity index (χ1) is 18.9. The van der Waals surface area contributed by atoms with Crippen LogP contribution in [0.2, 0.25) is 0 Å². The van der Waals surface area contributed by atoms with Gasteiger partial charge in [0.1, 0.15) is 11.5 Å². The summed E-state index contributed by atoms with van der Waals surface area (Å²) in [6.45, 7) is 4.48. The van der Waals surface area contributed by atoms with Crippen molar-refractivity contribution in [2.45, 2.75) is 0 Å². The molecule has 14 heteroatoms. The van der Waals surface area contributed by atoms with E-state index >= 15 is 0 Å². The van der Waals surface area contributed by atoms with Gasteiger partial charge in [0.15, 0.2) is 11.4 Å². The third kappa shape index (κ3) is 6.34. The number of nitrogens with two attached hydrogens (primary N) is 1. The number of aromatic nitrogens is 4. The van der Waals surface area contributed by atoms with E-state index in [9.17, 15) is 13.4 Å². The first kappa shape index (κ1) is 26.6. The van der Waals surface area contributed by atoms with Gasteiger partial charge in [0.2, 0.25) is 11.9 Å². The summed E-state index contributed by atoms with van der Waals surface area (Å²) in [5.41, 5.74) is 7.99. The van der Waals surface area contributed by atoms with Gasteiger partial charge < -0.3 is 25.7 Å². The van der Waals surface area contributed by atoms with Crippen molar-refractivity contribution in [3.63, 3.8) is 0 Å². The number of amides is 1. The number of nitrogen functional groups attached to an aromatic ring is 1. The molecule has 1 aliphatic rings. The summed E-state index contributed by atoms with van der Waals surface area (Å²) < 4.78 is 32.8. The van der Waals surface area contributed by atoms with Gasteiger partial charge >= 0.3 is 0 Å². The van der Waals surface area contributed by atoms with Gasteiger partial charge in [0.25, 0.3) is 5.91 Å². The number of nitrogens with zero attached hydrogens (tertiary/aromatic N) is 6. The van der Waals surface area contributed by atoms with Crippen molar-refractivity contribution in [3.05, 3.63) is 54.0 Å². The van der Waals surface area contributed by atoms with Crippen LogP contribution in [0.5, 0.6) is 0 Å². The number of nitrogens with one attached hydrogen (secondary N) is 2. The third-order valence-corrected chi connectivity index (χ3v) is 7.21. The molecule has 1 aromatic carbocycles. The summed E-state index contributed by atoms with van der Waals surface area (Å²) in [6, 6.07) is 9.90. The molecule has 4 aromatic rings. The number of carbonyl (C=O) groups is 1. The Labute approximate surface area is 226 Å². The molecule has 4 heterocycles. The second-order valence-corrected chi connectivity index (χ2v) is 10.7. The summed E-state index contributed by atoms with van der Waals surface area (Å²) in [7, 11) is -0.996. The Bertz CT molecular complexity index is 1470. The minimum atomic E-state index is -0.996. The molecule has 1 amide bonds. The van der Waals surface area contributed by atoms with Gasteiger partial charge in [-0.3, -0.25) is 13.9 Å². The lowest BCUT2D eigenvalue weighted by atomic mass is 10.1. The normalized spacial score (nSPS) is 15.0. The highest BCUT2D eigenvalue weighted by Crippen LogP contribution is 2.23. The highest BCUT2D eigenvalue weighted by atomic mass is 32.2. The molecular weight excluding hydrogens is 525 g/mol. The maximum Gasteiger partial charge on any atom is 0.251 e. The number of hydrogen-bond acceptors (Lipinski definition) is 10. The molecule has 1 unspecified atom stereocenters. The number of anilines is 3. The molecular formula is C25H30FN9O3S. The molecule has 3 aromatic heterocycles. The van der Waals surface area contributed by atoms with Crippen molar-refractivity contribution in [1.82, 2.24) is 29.8 Å². The number of carbonyl (C=O) groups excluding carboxylic acids is 1. The van der Waals surface area contributed by atoms with Crippen LogP contribution in [-0.2, 0) is 10.8 Å². The topological polar surface area (TPSA) is 147 Å². The molecule has 1 fully saturated rings. The Balaban J connectivity index is 1.10. The standard InChI is InChI=1S/C25H30FN9O3S/c1-39(37)14-7-28-23(36)17-4-5-20(18(26)15-17)34-11-9-33(10-12-34)8-6-29-25-30-22-16-19(21-3-2-13-38-21)32-35(22)24(27)31-25/h2-5,13,15-16H,6-12,14H2,1H3,(H,28,36)(H3,27,29,30,31). The van der Waals surface area contributed by atoms with Crippen molar-refractivity contribution in [2.75, 3.05) is 73.8 Å². The zero-order chi connectivity index (χ0) is 27.4. The Hall–Kier alpha value is -4.04. The van der Waals surface area contributed by atoms with Gasteiger partial charge in [-0.1, -0.05) is 0 Å². The molecule has 1 aliphatic heterocycles. The Morgan fingerprint density at radius 1 is 1.15 bits per heavy atom. The Morgan fingerprint density at radius 2 is 1.97 bits per heavy atom. The largest absolute Gasteiger partial charge is 0.463 e. The maximum atomic E-state index is 14.8. The number of benzene rings is 1. The fourth-order valence-corrected chi connectivity index (χ4v) is 4.78. The van der Waals surface area contributed by atoms with Crippen LogP contribution in [0.4, 0.5) is 22.0 Å². The summed E-state index contributed by atoms with van der Waals surface area (Å²) in [5, 5.41) is 10.3. The average molecular weight is 556 g/mol. The predicted octanol–water partition coefficient (Wildman–Crippen LogP) is 1.45. The van der Waals surface area contributed by atoms with Crippen LogP contribution >= 0.6 is 0 Å². The summed E-state index contributed by atoms with van der Waals surface area (Å²) in [5.74, 6) is 0.810. The van der Waals surface area contributed by atoms with Crippen molar-refractivity contribution in [1.29, 1.82) is 0 Å². The quantitative estimate of drug-likeness (QED) is 0.263. The van der Waals surface area contributed by atoms with Gasteiger partial charge in [-0.15, -0.1) is 0 Å². The minimum absolute atomic E-state index is 0.219. The molecule has 5 rings (SSSR count). The van der Waals surface area contributed by atoms with Crippen LogP contribution in [0.1, 0.15) is 10.4 Å². The molecule has 1 saturated heterocycles. The van der Waals surface area contributed by atoms with Crippen LogP contribution in [0.3, 0.4) is 0 Å². The first-order valence-electron chi connectivity index (χ1n) is 12.5. The number of piperazine rings is 1. The molecule has 0 saturated carbocycles. The van der Waals surface area contributed by atoms with Crippen LogP contribution in [0.25, 0.3) is 17.1 Å². The van der Waals surface area contributed by atoms with Gasteiger partial charge in [0, 0.05) is 80.3 Å². The lowest BCUT2D eigenvalue weighted by molar-refractivity contribution is 0.0955. The van der Waals surface area contributed by atoms with Crippen molar-refractivity contribution in [3.8, 4) is 11.5 Å². The van der Waals surface area contributed by atoms with Gasteiger partial charge in [-0.25, -0.2) is 4.39 Å². The summed E-state index contributed by atoms with van der Waals surface area (Å²) in [4.78, 5) is 25.3. The first-order valence-corrected chi connectivity index (χ1v) is 14.3. The van der Waals surface area contributed by atoms with E-state index < -0.39 is 16.6 Å². The molecule has 206 valence electrons. The van der Waals surface area contributed by atoms with E-state index in [1.807, 2.05) is 11.0 Å². The number of furan rings is 1. The number of fused-ring (bicyclic) bond motifs is 1. The number of halogens is 1. The summed E-state index contributed by atoms with van der Waals surface area (Å²) in [6.07, 6.45) is 3.15. The van der Waals surface area contributed by atoms with Crippen LogP contribution in [0.15, 0.2) is 47.1 Å². The molecule has 39 heavy (non-hydrogen) atoms. The molecule has 0 radical (unpaired) electrons. The Kier molecular flexibility index (Phi) is 8.02. The van der Waals surface area contributed by atoms with E-state index in [0.29, 0.717) is 54.1 Å². The van der Waals surface area contributed by atoms with E-state index in [1.165, 1.54) is 10.6 Å². The second kappa shape index (κ2) is 11.8. The van der Waals surface area contributed by atoms with E-state index in [4.69, 9.17) is 10.2 Å². The predicted molar refractivity (Wildman–Crippen MR) is 148 cm³/mol. The van der Waals surface area contributed by atoms with Crippen molar-refractivity contribution in [2.24, 2.45) is 0 Å². The van der Waals surface area contributed by atoms with E-state index in [0.717, 1.165) is 19.6 Å². The Morgan fingerprint density at radius 3 is 2.69 bits per heavy atom. The third-order valence-electron chi connectivity index (χ3n) is 6.43. The molecule has 1 atom stereocenters. The monoisotopic (exact) mass is 555 g/mol.